The van der Waals surface area contributed by atoms with Crippen molar-refractivity contribution in [1.29, 1.82) is 0 Å². The fraction of sp³-hybridized carbons (Fsp3) is 0.643. The highest BCUT2D eigenvalue weighted by Gasteiger charge is 2.48. The van der Waals surface area contributed by atoms with E-state index in [0.29, 0.717) is 25.0 Å². The van der Waals surface area contributed by atoms with E-state index >= 15 is 0 Å². The first kappa shape index (κ1) is 13.1. The third kappa shape index (κ3) is 1.94. The van der Waals surface area contributed by atoms with E-state index in [1.807, 2.05) is 6.08 Å². The maximum absolute atomic E-state index is 11.9. The minimum atomic E-state index is -0.401. The summed E-state index contributed by atoms with van der Waals surface area (Å²) in [5.74, 6) is -0.158. The molecule has 100 valence electrons. The van der Waals surface area contributed by atoms with Crippen molar-refractivity contribution in [2.45, 2.75) is 38.1 Å². The molecule has 0 aromatic heterocycles. The molecule has 4 nitrogen and oxygen atoms in total. The molecule has 0 spiro atoms. The topological polar surface area (TPSA) is 49.8 Å². The van der Waals surface area contributed by atoms with Crippen molar-refractivity contribution in [3.8, 4) is 0 Å². The lowest BCUT2D eigenvalue weighted by Gasteiger charge is -2.41. The van der Waals surface area contributed by atoms with Gasteiger partial charge in [0.1, 0.15) is 5.76 Å². The number of hydrogen-bond donors (Lipinski definition) is 1. The van der Waals surface area contributed by atoms with Gasteiger partial charge in [0, 0.05) is 6.54 Å². The van der Waals surface area contributed by atoms with Crippen LogP contribution >= 0.6 is 0 Å². The van der Waals surface area contributed by atoms with E-state index in [1.54, 1.807) is 6.92 Å². The standard InChI is InChI=1S/C14H21NO3/c1-3-7-14-8-5-9-15(14)10-6-11(12(14)16)13(17)18-4-2/h3,16H,1,4-10H2,2H3. The van der Waals surface area contributed by atoms with E-state index in [-0.39, 0.29) is 11.7 Å². The fourth-order valence-corrected chi connectivity index (χ4v) is 3.16. The first-order valence-corrected chi connectivity index (χ1v) is 6.61. The predicted octanol–water partition coefficient (Wildman–Crippen LogP) is 2.18. The number of carbonyl (C=O) groups excluding carboxylic acids is 1. The second-order valence-corrected chi connectivity index (χ2v) is 4.91. The second kappa shape index (κ2) is 5.14. The van der Waals surface area contributed by atoms with E-state index in [9.17, 15) is 9.90 Å². The lowest BCUT2D eigenvalue weighted by atomic mass is 9.83. The van der Waals surface area contributed by atoms with E-state index in [4.69, 9.17) is 4.74 Å². The Morgan fingerprint density at radius 3 is 3.06 bits per heavy atom. The first-order valence-electron chi connectivity index (χ1n) is 6.61. The maximum Gasteiger partial charge on any atom is 0.337 e. The van der Waals surface area contributed by atoms with Crippen LogP contribution in [-0.4, -0.2) is 41.2 Å². The third-order valence-corrected chi connectivity index (χ3v) is 3.99. The molecule has 2 aliphatic rings. The van der Waals surface area contributed by atoms with Gasteiger partial charge in [-0.05, 0) is 39.2 Å². The molecule has 2 heterocycles. The molecule has 1 N–H and O–H groups in total. The minimum absolute atomic E-state index is 0.213. The number of hydrogen-bond acceptors (Lipinski definition) is 4. The van der Waals surface area contributed by atoms with Crippen LogP contribution in [0.5, 0.6) is 0 Å². The first-order chi connectivity index (χ1) is 8.65. The SMILES string of the molecule is C=CCC12CCCN1CCC(C(=O)OCC)=C2O. The van der Waals surface area contributed by atoms with Crippen LogP contribution in [0.3, 0.4) is 0 Å². The summed E-state index contributed by atoms with van der Waals surface area (Å²) in [5, 5.41) is 10.5. The average molecular weight is 251 g/mol. The van der Waals surface area contributed by atoms with Crippen molar-refractivity contribution in [3.05, 3.63) is 24.0 Å². The molecule has 1 fully saturated rings. The lowest BCUT2D eigenvalue weighted by molar-refractivity contribution is -0.139. The molecule has 1 unspecified atom stereocenters. The normalized spacial score (nSPS) is 28.1. The predicted molar refractivity (Wildman–Crippen MR) is 69.3 cm³/mol. The number of aliphatic hydroxyl groups excluding tert-OH is 1. The molecule has 0 aromatic rings. The number of rotatable bonds is 4. The molecule has 0 radical (unpaired) electrons. The third-order valence-electron chi connectivity index (χ3n) is 3.99. The van der Waals surface area contributed by atoms with Crippen molar-refractivity contribution in [2.75, 3.05) is 19.7 Å². The van der Waals surface area contributed by atoms with Gasteiger partial charge in [0.25, 0.3) is 0 Å². The quantitative estimate of drug-likeness (QED) is 0.614. The number of esters is 1. The molecule has 0 aromatic carbocycles. The molecule has 2 aliphatic heterocycles. The molecule has 4 heteroatoms. The number of nitrogens with zero attached hydrogens (tertiary/aromatic N) is 1. The maximum atomic E-state index is 11.9. The largest absolute Gasteiger partial charge is 0.510 e. The van der Waals surface area contributed by atoms with Crippen molar-refractivity contribution < 1.29 is 14.6 Å². The van der Waals surface area contributed by atoms with E-state index in [1.165, 1.54) is 0 Å². The summed E-state index contributed by atoms with van der Waals surface area (Å²) in [7, 11) is 0. The highest BCUT2D eigenvalue weighted by molar-refractivity contribution is 5.89. The summed E-state index contributed by atoms with van der Waals surface area (Å²) in [6, 6.07) is 0. The zero-order valence-corrected chi connectivity index (χ0v) is 10.9. The van der Waals surface area contributed by atoms with Crippen LogP contribution in [0.1, 0.15) is 32.6 Å². The zero-order chi connectivity index (χ0) is 13.2. The van der Waals surface area contributed by atoms with Gasteiger partial charge in [-0.2, -0.15) is 0 Å². The van der Waals surface area contributed by atoms with Crippen molar-refractivity contribution in [1.82, 2.24) is 4.90 Å². The van der Waals surface area contributed by atoms with Crippen LogP contribution in [0.25, 0.3) is 0 Å². The van der Waals surface area contributed by atoms with Crippen LogP contribution in [0.2, 0.25) is 0 Å². The monoisotopic (exact) mass is 251 g/mol. The van der Waals surface area contributed by atoms with Gasteiger partial charge in [-0.25, -0.2) is 4.79 Å². The molecular weight excluding hydrogens is 230 g/mol. The van der Waals surface area contributed by atoms with Gasteiger partial charge in [-0.1, -0.05) is 6.08 Å². The van der Waals surface area contributed by atoms with Crippen molar-refractivity contribution in [2.24, 2.45) is 0 Å². The number of fused-ring (bicyclic) bond motifs is 1. The second-order valence-electron chi connectivity index (χ2n) is 4.91. The fourth-order valence-electron chi connectivity index (χ4n) is 3.16. The molecule has 1 atom stereocenters. The summed E-state index contributed by atoms with van der Waals surface area (Å²) in [6.07, 6.45) is 5.01. The molecular formula is C14H21NO3. The molecule has 0 amide bonds. The summed E-state index contributed by atoms with van der Waals surface area (Å²) in [5.41, 5.74) is 0.0547. The van der Waals surface area contributed by atoms with E-state index in [2.05, 4.69) is 11.5 Å². The van der Waals surface area contributed by atoms with Crippen LogP contribution in [0.4, 0.5) is 0 Å². The average Bonchev–Trinajstić information content (AvgIpc) is 2.75. The van der Waals surface area contributed by atoms with E-state index in [0.717, 1.165) is 25.9 Å². The molecule has 0 bridgehead atoms. The van der Waals surface area contributed by atoms with Gasteiger partial charge >= 0.3 is 5.97 Å². The molecule has 2 rings (SSSR count). The van der Waals surface area contributed by atoms with Gasteiger partial charge in [-0.15, -0.1) is 6.58 Å². The Morgan fingerprint density at radius 2 is 2.39 bits per heavy atom. The zero-order valence-electron chi connectivity index (χ0n) is 10.9. The Kier molecular flexibility index (Phi) is 3.76. The molecule has 18 heavy (non-hydrogen) atoms. The smallest absolute Gasteiger partial charge is 0.337 e. The number of ether oxygens (including phenoxy) is 1. The Labute approximate surface area is 108 Å². The minimum Gasteiger partial charge on any atom is -0.510 e. The van der Waals surface area contributed by atoms with Crippen LogP contribution in [0.15, 0.2) is 24.0 Å². The van der Waals surface area contributed by atoms with Crippen LogP contribution in [0, 0.1) is 0 Å². The highest BCUT2D eigenvalue weighted by atomic mass is 16.5. The number of aliphatic hydroxyl groups is 1. The summed E-state index contributed by atoms with van der Waals surface area (Å²) >= 11 is 0. The lowest BCUT2D eigenvalue weighted by Crippen LogP contribution is -2.49. The van der Waals surface area contributed by atoms with Crippen LogP contribution in [-0.2, 0) is 9.53 Å². The van der Waals surface area contributed by atoms with Crippen LogP contribution < -0.4 is 0 Å². The molecule has 1 saturated heterocycles. The van der Waals surface area contributed by atoms with Gasteiger partial charge in [0.2, 0.25) is 0 Å². The van der Waals surface area contributed by atoms with Gasteiger partial charge in [0.05, 0.1) is 17.7 Å². The molecule has 0 aliphatic carbocycles. The van der Waals surface area contributed by atoms with Gasteiger partial charge in [-0.3, -0.25) is 4.90 Å². The van der Waals surface area contributed by atoms with Gasteiger partial charge < -0.3 is 9.84 Å². The Morgan fingerprint density at radius 1 is 1.61 bits per heavy atom. The number of carbonyl (C=O) groups is 1. The Bertz CT molecular complexity index is 389. The summed E-state index contributed by atoms with van der Waals surface area (Å²) < 4.78 is 5.02. The Balaban J connectivity index is 2.35. The summed E-state index contributed by atoms with van der Waals surface area (Å²) in [4.78, 5) is 14.1. The van der Waals surface area contributed by atoms with E-state index < -0.39 is 5.54 Å². The molecule has 0 saturated carbocycles. The summed E-state index contributed by atoms with van der Waals surface area (Å²) in [6.45, 7) is 7.68. The van der Waals surface area contributed by atoms with Crippen molar-refractivity contribution >= 4 is 5.97 Å². The highest BCUT2D eigenvalue weighted by Crippen LogP contribution is 2.43. The van der Waals surface area contributed by atoms with Gasteiger partial charge in [0.15, 0.2) is 0 Å². The Hall–Kier alpha value is -1.29. The van der Waals surface area contributed by atoms with Crippen molar-refractivity contribution in [3.63, 3.8) is 0 Å².